The van der Waals surface area contributed by atoms with Gasteiger partial charge in [0.25, 0.3) is 0 Å². The highest BCUT2D eigenvalue weighted by Gasteiger charge is 2.11. The maximum Gasteiger partial charge on any atom is 0.118 e. The van der Waals surface area contributed by atoms with Crippen LogP contribution in [0, 0.1) is 0 Å². The summed E-state index contributed by atoms with van der Waals surface area (Å²) in [5, 5.41) is 9.85. The van der Waals surface area contributed by atoms with E-state index in [1.165, 1.54) is 5.56 Å². The Morgan fingerprint density at radius 2 is 1.90 bits per heavy atom. The first kappa shape index (κ1) is 17.0. The summed E-state index contributed by atoms with van der Waals surface area (Å²) in [6.45, 7) is 5.22. The van der Waals surface area contributed by atoms with Gasteiger partial charge in [0.15, 0.2) is 0 Å². The molecule has 0 aliphatic carbocycles. The maximum atomic E-state index is 9.85. The number of hydrogen-bond donors (Lipinski definition) is 1. The number of ether oxygens (including phenoxy) is 2. The van der Waals surface area contributed by atoms with E-state index in [-0.39, 0.29) is 6.10 Å². The van der Waals surface area contributed by atoms with E-state index in [0.29, 0.717) is 6.54 Å². The minimum Gasteiger partial charge on any atom is -0.497 e. The van der Waals surface area contributed by atoms with Gasteiger partial charge in [-0.2, -0.15) is 0 Å². The van der Waals surface area contributed by atoms with E-state index in [9.17, 15) is 5.11 Å². The molecule has 0 radical (unpaired) electrons. The van der Waals surface area contributed by atoms with Gasteiger partial charge in [-0.05, 0) is 30.5 Å². The molecule has 0 aliphatic rings. The summed E-state index contributed by atoms with van der Waals surface area (Å²) in [5.74, 6) is 0.869. The quantitative estimate of drug-likeness (QED) is 0.668. The smallest absolute Gasteiger partial charge is 0.118 e. The Hall–Kier alpha value is -1.10. The summed E-state index contributed by atoms with van der Waals surface area (Å²) in [7, 11) is 3.39. The number of methoxy groups -OCH3 is 2. The summed E-state index contributed by atoms with van der Waals surface area (Å²) >= 11 is 0. The molecule has 1 aromatic carbocycles. The van der Waals surface area contributed by atoms with Crippen LogP contribution in [0.25, 0.3) is 0 Å². The summed E-state index contributed by atoms with van der Waals surface area (Å²) < 4.78 is 10.3. The first-order chi connectivity index (χ1) is 9.69. The molecule has 0 amide bonds. The average molecular weight is 281 g/mol. The van der Waals surface area contributed by atoms with Gasteiger partial charge in [0.1, 0.15) is 5.75 Å². The van der Waals surface area contributed by atoms with Crippen molar-refractivity contribution in [2.45, 2.75) is 32.4 Å². The Morgan fingerprint density at radius 1 is 1.20 bits per heavy atom. The third-order valence-corrected chi connectivity index (χ3v) is 3.33. The summed E-state index contributed by atoms with van der Waals surface area (Å²) in [5.41, 5.74) is 1.23. The van der Waals surface area contributed by atoms with Crippen LogP contribution in [-0.2, 0) is 11.3 Å². The highest BCUT2D eigenvalue weighted by atomic mass is 16.5. The largest absolute Gasteiger partial charge is 0.497 e. The lowest BCUT2D eigenvalue weighted by molar-refractivity contribution is 0.0968. The minimum absolute atomic E-state index is 0.268. The van der Waals surface area contributed by atoms with E-state index in [1.807, 2.05) is 19.1 Å². The molecule has 4 nitrogen and oxygen atoms in total. The zero-order chi connectivity index (χ0) is 14.8. The highest BCUT2D eigenvalue weighted by molar-refractivity contribution is 5.27. The second-order valence-corrected chi connectivity index (χ2v) is 4.99. The van der Waals surface area contributed by atoms with Crippen molar-refractivity contribution < 1.29 is 14.6 Å². The second kappa shape index (κ2) is 9.75. The van der Waals surface area contributed by atoms with Gasteiger partial charge in [-0.25, -0.2) is 0 Å². The van der Waals surface area contributed by atoms with E-state index < -0.39 is 0 Å². The van der Waals surface area contributed by atoms with Crippen molar-refractivity contribution in [3.05, 3.63) is 29.8 Å². The van der Waals surface area contributed by atoms with Gasteiger partial charge >= 0.3 is 0 Å². The van der Waals surface area contributed by atoms with Crippen LogP contribution in [0.5, 0.6) is 5.75 Å². The zero-order valence-corrected chi connectivity index (χ0v) is 12.8. The summed E-state index contributed by atoms with van der Waals surface area (Å²) in [6, 6.07) is 8.08. The summed E-state index contributed by atoms with van der Waals surface area (Å²) in [6.07, 6.45) is 1.49. The first-order valence-electron chi connectivity index (χ1n) is 7.21. The molecule has 1 N–H and O–H groups in total. The molecular formula is C16H27NO3. The lowest BCUT2D eigenvalue weighted by Crippen LogP contribution is -2.33. The van der Waals surface area contributed by atoms with Crippen molar-refractivity contribution in [3.63, 3.8) is 0 Å². The minimum atomic E-state index is -0.268. The van der Waals surface area contributed by atoms with Crippen LogP contribution in [0.1, 0.15) is 25.3 Å². The molecule has 4 heteroatoms. The fraction of sp³-hybridized carbons (Fsp3) is 0.625. The van der Waals surface area contributed by atoms with Crippen molar-refractivity contribution in [1.82, 2.24) is 4.90 Å². The number of nitrogens with zero attached hydrogens (tertiary/aromatic N) is 1. The van der Waals surface area contributed by atoms with Crippen molar-refractivity contribution in [2.75, 3.05) is 33.9 Å². The van der Waals surface area contributed by atoms with Gasteiger partial charge < -0.3 is 14.6 Å². The monoisotopic (exact) mass is 281 g/mol. The third kappa shape index (κ3) is 6.37. The van der Waals surface area contributed by atoms with Gasteiger partial charge in [0, 0.05) is 33.4 Å². The number of aliphatic hydroxyl groups is 1. The van der Waals surface area contributed by atoms with Crippen LogP contribution in [0.4, 0.5) is 0 Å². The fourth-order valence-electron chi connectivity index (χ4n) is 2.08. The van der Waals surface area contributed by atoms with Gasteiger partial charge in [0.05, 0.1) is 13.2 Å². The molecule has 1 rings (SSSR count). The lowest BCUT2D eigenvalue weighted by atomic mass is 10.1. The Bertz CT molecular complexity index is 353. The molecule has 1 unspecified atom stereocenters. The molecule has 0 saturated heterocycles. The fourth-order valence-corrected chi connectivity index (χ4v) is 2.08. The van der Waals surface area contributed by atoms with E-state index in [1.54, 1.807) is 14.2 Å². The topological polar surface area (TPSA) is 41.9 Å². The van der Waals surface area contributed by atoms with E-state index in [4.69, 9.17) is 9.47 Å². The van der Waals surface area contributed by atoms with Crippen LogP contribution in [0.2, 0.25) is 0 Å². The standard InChI is InChI=1S/C16H27NO3/c1-4-15(18)13-17(10-5-11-19-2)12-14-6-8-16(20-3)9-7-14/h6-9,15,18H,4-5,10-13H2,1-3H3. The van der Waals surface area contributed by atoms with E-state index in [0.717, 1.165) is 38.3 Å². The molecule has 1 aromatic rings. The molecule has 0 saturated carbocycles. The van der Waals surface area contributed by atoms with Crippen molar-refractivity contribution in [2.24, 2.45) is 0 Å². The van der Waals surface area contributed by atoms with Gasteiger partial charge in [-0.3, -0.25) is 4.90 Å². The third-order valence-electron chi connectivity index (χ3n) is 3.33. The van der Waals surface area contributed by atoms with Crippen LogP contribution >= 0.6 is 0 Å². The number of hydrogen-bond acceptors (Lipinski definition) is 4. The Labute approximate surface area is 122 Å². The van der Waals surface area contributed by atoms with Crippen LogP contribution in [0.15, 0.2) is 24.3 Å². The van der Waals surface area contributed by atoms with E-state index in [2.05, 4.69) is 17.0 Å². The molecule has 0 aromatic heterocycles. The van der Waals surface area contributed by atoms with Crippen molar-refractivity contribution >= 4 is 0 Å². The van der Waals surface area contributed by atoms with Crippen molar-refractivity contribution in [3.8, 4) is 5.75 Å². The molecule has 0 bridgehead atoms. The zero-order valence-electron chi connectivity index (χ0n) is 12.8. The Balaban J connectivity index is 2.56. The van der Waals surface area contributed by atoms with Crippen LogP contribution in [0.3, 0.4) is 0 Å². The lowest BCUT2D eigenvalue weighted by Gasteiger charge is -2.24. The predicted octanol–water partition coefficient (Wildman–Crippen LogP) is 2.30. The molecule has 0 heterocycles. The molecule has 0 fully saturated rings. The first-order valence-corrected chi connectivity index (χ1v) is 7.21. The Kier molecular flexibility index (Phi) is 8.26. The average Bonchev–Trinajstić information content (AvgIpc) is 2.48. The number of rotatable bonds is 10. The van der Waals surface area contributed by atoms with Crippen LogP contribution in [-0.4, -0.2) is 50.0 Å². The van der Waals surface area contributed by atoms with Crippen molar-refractivity contribution in [1.29, 1.82) is 0 Å². The molecule has 0 aliphatic heterocycles. The molecular weight excluding hydrogens is 254 g/mol. The number of aliphatic hydroxyl groups excluding tert-OH is 1. The molecule has 1 atom stereocenters. The molecule has 114 valence electrons. The maximum absolute atomic E-state index is 9.85. The predicted molar refractivity (Wildman–Crippen MR) is 81.1 cm³/mol. The highest BCUT2D eigenvalue weighted by Crippen LogP contribution is 2.13. The SMILES string of the molecule is CCC(O)CN(CCCOC)Cc1ccc(OC)cc1. The van der Waals surface area contributed by atoms with Crippen LogP contribution < -0.4 is 4.74 Å². The Morgan fingerprint density at radius 3 is 2.45 bits per heavy atom. The van der Waals surface area contributed by atoms with Gasteiger partial charge in [0.2, 0.25) is 0 Å². The molecule has 20 heavy (non-hydrogen) atoms. The van der Waals surface area contributed by atoms with Gasteiger partial charge in [-0.1, -0.05) is 19.1 Å². The summed E-state index contributed by atoms with van der Waals surface area (Å²) in [4.78, 5) is 2.27. The number of benzene rings is 1. The molecule has 0 spiro atoms. The van der Waals surface area contributed by atoms with Gasteiger partial charge in [-0.15, -0.1) is 0 Å². The van der Waals surface area contributed by atoms with E-state index >= 15 is 0 Å². The normalized spacial score (nSPS) is 12.7. The second-order valence-electron chi connectivity index (χ2n) is 4.99.